The second-order valence-corrected chi connectivity index (χ2v) is 4.96. The van der Waals surface area contributed by atoms with Gasteiger partial charge in [-0.25, -0.2) is 4.39 Å². The number of hydrogen-bond acceptors (Lipinski definition) is 1. The van der Waals surface area contributed by atoms with Gasteiger partial charge in [0.05, 0.1) is 6.42 Å². The van der Waals surface area contributed by atoms with Gasteiger partial charge in [0, 0.05) is 22.5 Å². The lowest BCUT2D eigenvalue weighted by Gasteiger charge is -2.13. The first-order valence-corrected chi connectivity index (χ1v) is 6.74. The van der Waals surface area contributed by atoms with Gasteiger partial charge < -0.3 is 5.32 Å². The normalized spacial score (nSPS) is 12.2. The fourth-order valence-electron chi connectivity index (χ4n) is 1.64. The summed E-state index contributed by atoms with van der Waals surface area (Å²) in [6, 6.07) is 4.42. The average molecular weight is 292 g/mol. The number of benzene rings is 1. The molecule has 0 bridgehead atoms. The van der Waals surface area contributed by atoms with Crippen LogP contribution in [0, 0.1) is 5.82 Å². The maximum Gasteiger partial charge on any atom is 0.224 e. The molecule has 1 aromatic rings. The lowest BCUT2D eigenvalue weighted by Crippen LogP contribution is -2.34. The molecule has 0 aliphatic rings. The number of nitrogens with one attached hydrogen (secondary N) is 1. The van der Waals surface area contributed by atoms with Crippen LogP contribution < -0.4 is 5.32 Å². The van der Waals surface area contributed by atoms with Crippen molar-refractivity contribution in [3.8, 4) is 0 Å². The third kappa shape index (κ3) is 4.83. The van der Waals surface area contributed by atoms with Crippen molar-refractivity contribution in [3.63, 3.8) is 0 Å². The molecule has 1 N–H and O–H groups in total. The predicted molar refractivity (Wildman–Crippen MR) is 72.7 cm³/mol. The van der Waals surface area contributed by atoms with Crippen LogP contribution in [0.1, 0.15) is 25.3 Å². The fraction of sp³-hybridized carbons (Fsp3) is 0.462. The topological polar surface area (TPSA) is 29.1 Å². The number of halogens is 3. The van der Waals surface area contributed by atoms with Gasteiger partial charge in [-0.2, -0.15) is 0 Å². The highest BCUT2D eigenvalue weighted by Gasteiger charge is 2.13. The van der Waals surface area contributed by atoms with Gasteiger partial charge in [-0.15, -0.1) is 11.6 Å². The third-order valence-electron chi connectivity index (χ3n) is 2.58. The van der Waals surface area contributed by atoms with Crippen LogP contribution >= 0.6 is 23.2 Å². The van der Waals surface area contributed by atoms with E-state index < -0.39 is 5.82 Å². The van der Waals surface area contributed by atoms with Gasteiger partial charge in [-0.05, 0) is 31.9 Å². The first-order valence-electron chi connectivity index (χ1n) is 5.82. The summed E-state index contributed by atoms with van der Waals surface area (Å²) in [7, 11) is 0. The lowest BCUT2D eigenvalue weighted by atomic mass is 10.1. The van der Waals surface area contributed by atoms with Gasteiger partial charge in [0.15, 0.2) is 0 Å². The smallest absolute Gasteiger partial charge is 0.224 e. The first kappa shape index (κ1) is 15.3. The van der Waals surface area contributed by atoms with Gasteiger partial charge in [-0.1, -0.05) is 17.7 Å². The molecule has 0 saturated carbocycles. The molecule has 0 radical (unpaired) electrons. The van der Waals surface area contributed by atoms with E-state index >= 15 is 0 Å². The summed E-state index contributed by atoms with van der Waals surface area (Å²) in [5.41, 5.74) is 0.237. The van der Waals surface area contributed by atoms with E-state index in [1.54, 1.807) is 6.07 Å². The number of amides is 1. The molecule has 1 unspecified atom stereocenters. The minimum atomic E-state index is -0.453. The molecule has 100 valence electrons. The van der Waals surface area contributed by atoms with Crippen LogP contribution in [0.4, 0.5) is 4.39 Å². The fourth-order valence-corrected chi connectivity index (χ4v) is 2.03. The van der Waals surface area contributed by atoms with Gasteiger partial charge in [-0.3, -0.25) is 4.79 Å². The van der Waals surface area contributed by atoms with E-state index in [4.69, 9.17) is 23.2 Å². The van der Waals surface area contributed by atoms with Crippen LogP contribution in [0.25, 0.3) is 0 Å². The van der Waals surface area contributed by atoms with Crippen LogP contribution in [0.15, 0.2) is 18.2 Å². The van der Waals surface area contributed by atoms with Crippen molar-refractivity contribution in [2.24, 2.45) is 0 Å². The maximum atomic E-state index is 13.5. The Morgan fingerprint density at radius 2 is 2.22 bits per heavy atom. The molecular formula is C13H16Cl2FNO. The standard InChI is InChI=1S/C13H16Cl2FNO/c1-9(4-3-7-14)17-13(18)8-10-11(15)5-2-6-12(10)16/h2,5-6,9H,3-4,7-8H2,1H3,(H,17,18). The molecule has 0 spiro atoms. The van der Waals surface area contributed by atoms with Crippen LogP contribution in [0.3, 0.4) is 0 Å². The Hall–Kier alpha value is -0.800. The van der Waals surface area contributed by atoms with Crippen LogP contribution in [0.2, 0.25) is 5.02 Å². The van der Waals surface area contributed by atoms with Gasteiger partial charge in [0.1, 0.15) is 5.82 Å². The quantitative estimate of drug-likeness (QED) is 0.798. The summed E-state index contributed by atoms with van der Waals surface area (Å²) < 4.78 is 13.5. The molecule has 0 aliphatic heterocycles. The monoisotopic (exact) mass is 291 g/mol. The SMILES string of the molecule is CC(CCCCl)NC(=O)Cc1c(F)cccc1Cl. The van der Waals surface area contributed by atoms with Crippen LogP contribution in [-0.2, 0) is 11.2 Å². The minimum absolute atomic E-state index is 0.0294. The van der Waals surface area contributed by atoms with E-state index in [0.717, 1.165) is 12.8 Å². The molecule has 0 aliphatic carbocycles. The second kappa shape index (κ2) is 7.59. The Labute approximate surface area is 116 Å². The lowest BCUT2D eigenvalue weighted by molar-refractivity contribution is -0.121. The van der Waals surface area contributed by atoms with Crippen molar-refractivity contribution >= 4 is 29.1 Å². The van der Waals surface area contributed by atoms with Gasteiger partial charge in [0.25, 0.3) is 0 Å². The molecule has 1 atom stereocenters. The van der Waals surface area contributed by atoms with Crippen molar-refractivity contribution in [2.45, 2.75) is 32.2 Å². The molecule has 1 aromatic carbocycles. The van der Waals surface area contributed by atoms with Gasteiger partial charge >= 0.3 is 0 Å². The molecule has 0 saturated heterocycles. The molecule has 18 heavy (non-hydrogen) atoms. The Morgan fingerprint density at radius 1 is 1.50 bits per heavy atom. The van der Waals surface area contributed by atoms with E-state index in [1.807, 2.05) is 6.92 Å². The number of carbonyl (C=O) groups excluding carboxylic acids is 1. The molecule has 0 fully saturated rings. The number of carbonyl (C=O) groups is 1. The maximum absolute atomic E-state index is 13.5. The molecular weight excluding hydrogens is 276 g/mol. The molecule has 1 rings (SSSR count). The van der Waals surface area contributed by atoms with Crippen molar-refractivity contribution in [1.82, 2.24) is 5.32 Å². The highest BCUT2D eigenvalue weighted by molar-refractivity contribution is 6.31. The van der Waals surface area contributed by atoms with Crippen molar-refractivity contribution in [3.05, 3.63) is 34.6 Å². The Bertz CT molecular complexity index is 392. The largest absolute Gasteiger partial charge is 0.353 e. The van der Waals surface area contributed by atoms with Gasteiger partial charge in [0.2, 0.25) is 5.91 Å². The van der Waals surface area contributed by atoms with Crippen molar-refractivity contribution in [1.29, 1.82) is 0 Å². The second-order valence-electron chi connectivity index (χ2n) is 4.18. The Morgan fingerprint density at radius 3 is 2.83 bits per heavy atom. The zero-order valence-corrected chi connectivity index (χ0v) is 11.7. The highest BCUT2D eigenvalue weighted by Crippen LogP contribution is 2.19. The number of rotatable bonds is 6. The van der Waals surface area contributed by atoms with E-state index in [9.17, 15) is 9.18 Å². The van der Waals surface area contributed by atoms with E-state index in [1.165, 1.54) is 12.1 Å². The zero-order valence-electron chi connectivity index (χ0n) is 10.2. The zero-order chi connectivity index (χ0) is 13.5. The van der Waals surface area contributed by atoms with Crippen molar-refractivity contribution < 1.29 is 9.18 Å². The number of hydrogen-bond donors (Lipinski definition) is 1. The summed E-state index contributed by atoms with van der Waals surface area (Å²) >= 11 is 11.4. The van der Waals surface area contributed by atoms with E-state index in [0.29, 0.717) is 5.88 Å². The molecule has 1 amide bonds. The minimum Gasteiger partial charge on any atom is -0.353 e. The van der Waals surface area contributed by atoms with E-state index in [2.05, 4.69) is 5.32 Å². The van der Waals surface area contributed by atoms with E-state index in [-0.39, 0.29) is 29.0 Å². The highest BCUT2D eigenvalue weighted by atomic mass is 35.5. The molecule has 0 heterocycles. The Balaban J connectivity index is 2.54. The van der Waals surface area contributed by atoms with Crippen molar-refractivity contribution in [2.75, 3.05) is 5.88 Å². The predicted octanol–water partition coefficient (Wildman–Crippen LogP) is 3.55. The summed E-state index contributed by atoms with van der Waals surface area (Å²) in [5, 5.41) is 3.07. The molecule has 5 heteroatoms. The molecule has 0 aromatic heterocycles. The molecule has 2 nitrogen and oxygen atoms in total. The van der Waals surface area contributed by atoms with Crippen LogP contribution in [-0.4, -0.2) is 17.8 Å². The Kier molecular flexibility index (Phi) is 6.44. The van der Waals surface area contributed by atoms with Crippen LogP contribution in [0.5, 0.6) is 0 Å². The summed E-state index contributed by atoms with van der Waals surface area (Å²) in [6.07, 6.45) is 1.60. The summed E-state index contributed by atoms with van der Waals surface area (Å²) in [5.74, 6) is -0.116. The first-order chi connectivity index (χ1) is 8.54. The number of alkyl halides is 1. The summed E-state index contributed by atoms with van der Waals surface area (Å²) in [4.78, 5) is 11.7. The summed E-state index contributed by atoms with van der Waals surface area (Å²) in [6.45, 7) is 1.90. The third-order valence-corrected chi connectivity index (χ3v) is 3.20. The average Bonchev–Trinajstić information content (AvgIpc) is 2.31.